The summed E-state index contributed by atoms with van der Waals surface area (Å²) in [5, 5.41) is 0. The van der Waals surface area contributed by atoms with Gasteiger partial charge in [-0.1, -0.05) is 0 Å². The second-order valence-corrected chi connectivity index (χ2v) is 5.69. The van der Waals surface area contributed by atoms with Crippen LogP contribution in [0.3, 0.4) is 0 Å². The van der Waals surface area contributed by atoms with E-state index in [9.17, 15) is 0 Å². The van der Waals surface area contributed by atoms with E-state index in [1.165, 1.54) is 38.5 Å². The van der Waals surface area contributed by atoms with Gasteiger partial charge in [0.2, 0.25) is 0 Å². The van der Waals surface area contributed by atoms with E-state index in [0.717, 1.165) is 26.3 Å². The lowest BCUT2D eigenvalue weighted by molar-refractivity contribution is -0.0719. The van der Waals surface area contributed by atoms with Crippen molar-refractivity contribution >= 4 is 0 Å². The Hall–Kier alpha value is -0.120. The minimum atomic E-state index is 0.202. The molecule has 0 amide bonds. The van der Waals surface area contributed by atoms with Gasteiger partial charge >= 0.3 is 0 Å². The number of ether oxygens (including phenoxy) is 1. The van der Waals surface area contributed by atoms with E-state index in [1.807, 2.05) is 0 Å². The van der Waals surface area contributed by atoms with Gasteiger partial charge in [-0.25, -0.2) is 0 Å². The SMILES string of the molecule is NC12CCC(N3CCOCC3)(CC1)CC2. The Morgan fingerprint density at radius 1 is 0.867 bits per heavy atom. The molecular weight excluding hydrogens is 188 g/mol. The zero-order valence-corrected chi connectivity index (χ0v) is 9.50. The van der Waals surface area contributed by atoms with Crippen LogP contribution in [-0.4, -0.2) is 42.3 Å². The summed E-state index contributed by atoms with van der Waals surface area (Å²) in [6, 6.07) is 0. The first-order valence-electron chi connectivity index (χ1n) is 6.34. The molecule has 1 heterocycles. The summed E-state index contributed by atoms with van der Waals surface area (Å²) >= 11 is 0. The molecule has 2 N–H and O–H groups in total. The smallest absolute Gasteiger partial charge is 0.0594 e. The molecule has 3 aliphatic carbocycles. The largest absolute Gasteiger partial charge is 0.379 e. The van der Waals surface area contributed by atoms with E-state index in [0.29, 0.717) is 5.54 Å². The first kappa shape index (κ1) is 10.1. The molecule has 4 rings (SSSR count). The molecule has 2 bridgehead atoms. The number of rotatable bonds is 1. The highest BCUT2D eigenvalue weighted by Gasteiger charge is 2.49. The molecule has 3 heteroatoms. The van der Waals surface area contributed by atoms with Crippen LogP contribution in [0.15, 0.2) is 0 Å². The normalized spacial score (nSPS) is 47.0. The van der Waals surface area contributed by atoms with Crippen molar-refractivity contribution in [3.8, 4) is 0 Å². The second-order valence-electron chi connectivity index (χ2n) is 5.69. The minimum Gasteiger partial charge on any atom is -0.379 e. The Bertz CT molecular complexity index is 223. The van der Waals surface area contributed by atoms with Crippen LogP contribution in [0, 0.1) is 0 Å². The molecule has 86 valence electrons. The van der Waals surface area contributed by atoms with Crippen LogP contribution >= 0.6 is 0 Å². The van der Waals surface area contributed by atoms with Crippen LogP contribution in [0.5, 0.6) is 0 Å². The van der Waals surface area contributed by atoms with Crippen molar-refractivity contribution in [3.05, 3.63) is 0 Å². The zero-order chi connectivity index (χ0) is 10.4. The minimum absolute atomic E-state index is 0.202. The second kappa shape index (κ2) is 3.44. The van der Waals surface area contributed by atoms with Gasteiger partial charge in [0.15, 0.2) is 0 Å². The van der Waals surface area contributed by atoms with E-state index < -0.39 is 0 Å². The van der Waals surface area contributed by atoms with Crippen molar-refractivity contribution in [1.29, 1.82) is 0 Å². The number of nitrogens with two attached hydrogens (primary N) is 1. The molecule has 0 aromatic rings. The van der Waals surface area contributed by atoms with Gasteiger partial charge in [0.25, 0.3) is 0 Å². The average molecular weight is 210 g/mol. The van der Waals surface area contributed by atoms with Crippen molar-refractivity contribution in [2.75, 3.05) is 26.3 Å². The summed E-state index contributed by atoms with van der Waals surface area (Å²) in [5.74, 6) is 0. The Morgan fingerprint density at radius 3 is 1.93 bits per heavy atom. The number of morpholine rings is 1. The van der Waals surface area contributed by atoms with Crippen LogP contribution in [0.25, 0.3) is 0 Å². The van der Waals surface area contributed by atoms with Gasteiger partial charge in [0, 0.05) is 24.2 Å². The van der Waals surface area contributed by atoms with Gasteiger partial charge in [-0.3, -0.25) is 4.90 Å². The molecule has 4 aliphatic rings. The van der Waals surface area contributed by atoms with Crippen molar-refractivity contribution in [2.45, 2.75) is 49.6 Å². The third-order valence-electron chi connectivity index (χ3n) is 4.95. The molecule has 0 aromatic heterocycles. The third-order valence-corrected chi connectivity index (χ3v) is 4.95. The molecule has 3 saturated carbocycles. The third kappa shape index (κ3) is 1.61. The summed E-state index contributed by atoms with van der Waals surface area (Å²) in [6.45, 7) is 4.13. The summed E-state index contributed by atoms with van der Waals surface area (Å²) in [7, 11) is 0. The number of nitrogens with zero attached hydrogens (tertiary/aromatic N) is 1. The standard InChI is InChI=1S/C12H22N2O/c13-11-1-4-12(5-2-11,6-3-11)14-7-9-15-10-8-14/h1-10,13H2. The molecule has 0 radical (unpaired) electrons. The van der Waals surface area contributed by atoms with Gasteiger partial charge in [0.1, 0.15) is 0 Å². The number of hydrogen-bond acceptors (Lipinski definition) is 3. The highest BCUT2D eigenvalue weighted by molar-refractivity contribution is 5.08. The number of hydrogen-bond donors (Lipinski definition) is 1. The number of fused-ring (bicyclic) bond motifs is 3. The van der Waals surface area contributed by atoms with Gasteiger partial charge < -0.3 is 10.5 Å². The van der Waals surface area contributed by atoms with E-state index in [2.05, 4.69) is 4.90 Å². The fraction of sp³-hybridized carbons (Fsp3) is 1.00. The maximum absolute atomic E-state index is 6.34. The topological polar surface area (TPSA) is 38.5 Å². The summed E-state index contributed by atoms with van der Waals surface area (Å²) in [6.07, 6.45) is 7.69. The molecule has 0 aromatic carbocycles. The summed E-state index contributed by atoms with van der Waals surface area (Å²) in [5.41, 5.74) is 7.05. The Balaban J connectivity index is 1.74. The predicted octanol–water partition coefficient (Wildman–Crippen LogP) is 1.12. The molecule has 4 fully saturated rings. The first-order valence-corrected chi connectivity index (χ1v) is 6.34. The van der Waals surface area contributed by atoms with E-state index >= 15 is 0 Å². The molecule has 0 spiro atoms. The Morgan fingerprint density at radius 2 is 1.40 bits per heavy atom. The van der Waals surface area contributed by atoms with E-state index in [-0.39, 0.29) is 5.54 Å². The Kier molecular flexibility index (Phi) is 2.31. The molecule has 0 unspecified atom stereocenters. The highest BCUT2D eigenvalue weighted by atomic mass is 16.5. The van der Waals surface area contributed by atoms with Crippen molar-refractivity contribution in [3.63, 3.8) is 0 Å². The van der Waals surface area contributed by atoms with Gasteiger partial charge in [-0.15, -0.1) is 0 Å². The van der Waals surface area contributed by atoms with Crippen molar-refractivity contribution in [1.82, 2.24) is 4.90 Å². The lowest BCUT2D eigenvalue weighted by Gasteiger charge is -2.57. The maximum Gasteiger partial charge on any atom is 0.0594 e. The molecule has 0 atom stereocenters. The van der Waals surface area contributed by atoms with Crippen LogP contribution < -0.4 is 5.73 Å². The molecule has 15 heavy (non-hydrogen) atoms. The van der Waals surface area contributed by atoms with Crippen molar-refractivity contribution < 1.29 is 4.74 Å². The fourth-order valence-corrected chi connectivity index (χ4v) is 3.71. The maximum atomic E-state index is 6.34. The molecule has 1 aliphatic heterocycles. The lowest BCUT2D eigenvalue weighted by atomic mass is 9.61. The fourth-order valence-electron chi connectivity index (χ4n) is 3.71. The van der Waals surface area contributed by atoms with Gasteiger partial charge in [-0.05, 0) is 38.5 Å². The Labute approximate surface area is 91.9 Å². The van der Waals surface area contributed by atoms with E-state index in [4.69, 9.17) is 10.5 Å². The predicted molar refractivity (Wildman–Crippen MR) is 59.7 cm³/mol. The van der Waals surface area contributed by atoms with Crippen LogP contribution in [0.2, 0.25) is 0 Å². The van der Waals surface area contributed by atoms with Crippen LogP contribution in [0.4, 0.5) is 0 Å². The van der Waals surface area contributed by atoms with Gasteiger partial charge in [-0.2, -0.15) is 0 Å². The highest BCUT2D eigenvalue weighted by Crippen LogP contribution is 2.48. The lowest BCUT2D eigenvalue weighted by Crippen LogP contribution is -2.63. The summed E-state index contributed by atoms with van der Waals surface area (Å²) in [4.78, 5) is 2.69. The average Bonchev–Trinajstić information content (AvgIpc) is 2.32. The van der Waals surface area contributed by atoms with E-state index in [1.54, 1.807) is 0 Å². The van der Waals surface area contributed by atoms with Crippen LogP contribution in [-0.2, 0) is 4.74 Å². The molecule has 1 saturated heterocycles. The first-order chi connectivity index (χ1) is 7.23. The van der Waals surface area contributed by atoms with Crippen LogP contribution in [0.1, 0.15) is 38.5 Å². The summed E-state index contributed by atoms with van der Waals surface area (Å²) < 4.78 is 5.45. The molecule has 3 nitrogen and oxygen atoms in total. The molecular formula is C12H22N2O. The van der Waals surface area contributed by atoms with Gasteiger partial charge in [0.05, 0.1) is 13.2 Å². The quantitative estimate of drug-likeness (QED) is 0.705. The van der Waals surface area contributed by atoms with Crippen molar-refractivity contribution in [2.24, 2.45) is 5.73 Å². The zero-order valence-electron chi connectivity index (χ0n) is 9.50. The monoisotopic (exact) mass is 210 g/mol.